The van der Waals surface area contributed by atoms with Gasteiger partial charge in [0.25, 0.3) is 9.05 Å². The van der Waals surface area contributed by atoms with Crippen LogP contribution in [-0.2, 0) is 72.4 Å². The van der Waals surface area contributed by atoms with E-state index in [0.717, 1.165) is 27.9 Å². The third-order valence-electron chi connectivity index (χ3n) is 13.3. The Morgan fingerprint density at radius 1 is 0.493 bits per heavy atom. The van der Waals surface area contributed by atoms with Crippen molar-refractivity contribution < 1.29 is 31.2 Å². The summed E-state index contributed by atoms with van der Waals surface area (Å²) in [5.41, 5.74) is 13.5. The van der Waals surface area contributed by atoms with Crippen molar-refractivity contribution in [1.29, 1.82) is 0 Å². The van der Waals surface area contributed by atoms with Crippen LogP contribution < -0.4 is 10.5 Å². The first-order chi connectivity index (χ1) is 34.4. The third-order valence-corrected chi connectivity index (χ3v) is 18.3. The summed E-state index contributed by atoms with van der Waals surface area (Å²) in [5, 5.41) is 2.76. The molecule has 3 atom stereocenters. The largest absolute Gasteiger partial charge is 0.398 e. The maximum absolute atomic E-state index is 12.9. The van der Waals surface area contributed by atoms with Gasteiger partial charge in [0.05, 0.1) is 47.2 Å². The van der Waals surface area contributed by atoms with Gasteiger partial charge in [0.1, 0.15) is 0 Å². The van der Waals surface area contributed by atoms with Gasteiger partial charge in [-0.25, -0.2) is 21.6 Å². The number of carbonyl (C=O) groups is 3. The molecule has 6 aromatic carbocycles. The topological polar surface area (TPSA) is 167 Å². The molecule has 0 aliphatic carbocycles. The molecule has 0 bridgehead atoms. The number of sulfonamides is 1. The normalized spacial score (nSPS) is 16.7. The monoisotopic (exact) mass is 1160 g/mol. The fraction of sp³-hybridized carbons (Fsp3) is 0.250. The number of nitrogens with one attached hydrogen (secondary N) is 1. The lowest BCUT2D eigenvalue weighted by Crippen LogP contribution is -2.30. The van der Waals surface area contributed by atoms with Gasteiger partial charge in [-0.2, -0.15) is 0 Å². The number of benzene rings is 6. The third kappa shape index (κ3) is 12.1. The number of nitrogens with zero attached hydrogens (tertiary/aromatic N) is 3. The molecule has 3 N–H and O–H groups in total. The molecule has 3 aliphatic rings. The molecule has 384 valence electrons. The number of carbonyl (C=O) groups excluding carboxylic acids is 3. The van der Waals surface area contributed by atoms with Gasteiger partial charge in [0, 0.05) is 66.1 Å². The highest BCUT2D eigenvalue weighted by Gasteiger charge is 2.37. The van der Waals surface area contributed by atoms with E-state index < -0.39 is 19.1 Å². The van der Waals surface area contributed by atoms with E-state index in [1.54, 1.807) is 88.7 Å². The second-order valence-electron chi connectivity index (χ2n) is 17.4. The number of halogens is 7. The minimum Gasteiger partial charge on any atom is -0.398 e. The molecule has 12 nitrogen and oxygen atoms in total. The highest BCUT2D eigenvalue weighted by Crippen LogP contribution is 2.41. The minimum atomic E-state index is -3.88. The average molecular weight is 1170 g/mol. The molecule has 0 saturated heterocycles. The van der Waals surface area contributed by atoms with Gasteiger partial charge in [0.15, 0.2) is 0 Å². The SMILES string of the molecule is CC1c2cccc(N)c2CN1C(=O)Cc1c(Cl)cccc1Cl.CC1c2cccc(S(=O)(=O)Cl)c2CN1C(=O)Cc1c(Cl)cccc1Cl.CNS(=O)(=O)c1cccc2c1CN(C(=O)Cc1c(Cl)cccc1Cl)[C@H]2C. The molecule has 2 unspecified atom stereocenters. The first kappa shape index (κ1) is 56.2. The Hall–Kier alpha value is -4.58. The molecule has 3 amide bonds. The van der Waals surface area contributed by atoms with Crippen LogP contribution in [0, 0.1) is 0 Å². The Morgan fingerprint density at radius 2 is 0.781 bits per heavy atom. The van der Waals surface area contributed by atoms with Crippen LogP contribution in [0.5, 0.6) is 0 Å². The molecule has 73 heavy (non-hydrogen) atoms. The first-order valence-electron chi connectivity index (χ1n) is 22.6. The zero-order valence-electron chi connectivity index (χ0n) is 39.6. The van der Waals surface area contributed by atoms with Gasteiger partial charge < -0.3 is 20.4 Å². The Labute approximate surface area is 459 Å². The molecule has 0 aromatic heterocycles. The van der Waals surface area contributed by atoms with Gasteiger partial charge in [0.2, 0.25) is 27.7 Å². The van der Waals surface area contributed by atoms with Gasteiger partial charge >= 0.3 is 0 Å². The highest BCUT2D eigenvalue weighted by atomic mass is 35.7. The van der Waals surface area contributed by atoms with E-state index >= 15 is 0 Å². The number of anilines is 1. The molecule has 0 spiro atoms. The van der Waals surface area contributed by atoms with E-state index in [1.807, 2.05) is 49.9 Å². The summed E-state index contributed by atoms with van der Waals surface area (Å²) in [6, 6.07) is 30.7. The Balaban J connectivity index is 0.000000161. The van der Waals surface area contributed by atoms with E-state index in [0.29, 0.717) is 64.5 Å². The van der Waals surface area contributed by atoms with Crippen LogP contribution in [0.3, 0.4) is 0 Å². The predicted molar refractivity (Wildman–Crippen MR) is 290 cm³/mol. The Bertz CT molecular complexity index is 3320. The predicted octanol–water partition coefficient (Wildman–Crippen LogP) is 12.3. The molecule has 0 radical (unpaired) electrons. The lowest BCUT2D eigenvalue weighted by atomic mass is 10.0. The zero-order valence-corrected chi connectivity index (χ0v) is 46.5. The maximum atomic E-state index is 12.9. The molecular formula is C52H48Cl7N5O7S2. The highest BCUT2D eigenvalue weighted by molar-refractivity contribution is 8.13. The lowest BCUT2D eigenvalue weighted by molar-refractivity contribution is -0.133. The fourth-order valence-electron chi connectivity index (χ4n) is 9.27. The van der Waals surface area contributed by atoms with E-state index in [9.17, 15) is 31.2 Å². The van der Waals surface area contributed by atoms with E-state index in [4.69, 9.17) is 86.0 Å². The Kier molecular flexibility index (Phi) is 17.8. The van der Waals surface area contributed by atoms with Crippen molar-refractivity contribution in [2.24, 2.45) is 0 Å². The average Bonchev–Trinajstić information content (AvgIpc) is 4.00. The van der Waals surface area contributed by atoms with Gasteiger partial charge in [-0.3, -0.25) is 14.4 Å². The second-order valence-corrected chi connectivity index (χ2v) is 24.3. The molecule has 21 heteroatoms. The second kappa shape index (κ2) is 23.1. The van der Waals surface area contributed by atoms with Gasteiger partial charge in [-0.05, 0) is 132 Å². The van der Waals surface area contributed by atoms with Crippen LogP contribution in [-0.4, -0.2) is 56.3 Å². The van der Waals surface area contributed by atoms with Crippen LogP contribution in [0.15, 0.2) is 119 Å². The number of hydrogen-bond donors (Lipinski definition) is 2. The summed E-state index contributed by atoms with van der Waals surface area (Å²) in [7, 11) is -0.587. The van der Waals surface area contributed by atoms with Crippen LogP contribution in [0.1, 0.15) is 89.0 Å². The van der Waals surface area contributed by atoms with Crippen LogP contribution in [0.2, 0.25) is 30.1 Å². The van der Waals surface area contributed by atoms with Crippen molar-refractivity contribution in [1.82, 2.24) is 19.4 Å². The number of amides is 3. The van der Waals surface area contributed by atoms with Gasteiger partial charge in [-0.15, -0.1) is 0 Å². The molecule has 0 fully saturated rings. The summed E-state index contributed by atoms with van der Waals surface area (Å²) in [6.07, 6.45) is 0.293. The van der Waals surface area contributed by atoms with Crippen LogP contribution in [0.25, 0.3) is 0 Å². The zero-order chi connectivity index (χ0) is 53.3. The number of nitrogen functional groups attached to an aromatic ring is 1. The van der Waals surface area contributed by atoms with Gasteiger partial charge in [-0.1, -0.05) is 124 Å². The number of fused-ring (bicyclic) bond motifs is 3. The summed E-state index contributed by atoms with van der Waals surface area (Å²) in [5.74, 6) is -0.341. The van der Waals surface area contributed by atoms with Crippen LogP contribution >= 0.6 is 80.3 Å². The fourth-order valence-corrected chi connectivity index (χ4v) is 13.0. The number of rotatable bonds is 9. The molecule has 9 rings (SSSR count). The Morgan fingerprint density at radius 3 is 1.11 bits per heavy atom. The summed E-state index contributed by atoms with van der Waals surface area (Å²) >= 11 is 36.9. The molecule has 0 saturated carbocycles. The van der Waals surface area contributed by atoms with E-state index in [1.165, 1.54) is 13.1 Å². The summed E-state index contributed by atoms with van der Waals surface area (Å²) < 4.78 is 50.5. The molecule has 3 aliphatic heterocycles. The summed E-state index contributed by atoms with van der Waals surface area (Å²) in [6.45, 7) is 6.69. The molecular weight excluding hydrogens is 1120 g/mol. The maximum Gasteiger partial charge on any atom is 0.261 e. The van der Waals surface area contributed by atoms with Crippen molar-refractivity contribution in [2.45, 2.75) is 87.6 Å². The summed E-state index contributed by atoms with van der Waals surface area (Å²) in [4.78, 5) is 43.7. The quantitative estimate of drug-likeness (QED) is 0.107. The molecule has 3 heterocycles. The standard InChI is InChI=1S/C18H18Cl2N2O3S.C17H14Cl3NO3S.C17H16Cl2N2O/c1-11-12-5-3-8-17(26(24,25)21-2)14(12)10-22(11)18(23)9-13-15(19)6-4-7-16(13)20;1-10-11-4-2-7-16(25(20,23)24)13(11)9-21(10)17(22)8-12-14(18)5-3-6-15(12)19;1-10-11-4-2-7-16(20)13(11)9-21(10)17(22)8-12-14(18)5-3-6-15(12)19/h3-8,11,21H,9-10H2,1-2H3;2-7,10H,8-9H2,1H3;2-7,10H,8-9,20H2,1H3/t11-;;/m0../s1. The van der Waals surface area contributed by atoms with Crippen molar-refractivity contribution in [3.05, 3.63) is 189 Å². The first-order valence-corrected chi connectivity index (χ1v) is 28.7. The lowest BCUT2D eigenvalue weighted by Gasteiger charge is -2.22. The molecule has 6 aromatic rings. The van der Waals surface area contributed by atoms with Crippen molar-refractivity contribution in [3.8, 4) is 0 Å². The number of hydrogen-bond acceptors (Lipinski definition) is 8. The van der Waals surface area contributed by atoms with E-state index in [2.05, 4.69) is 4.72 Å². The van der Waals surface area contributed by atoms with E-state index in [-0.39, 0.29) is 78.0 Å². The van der Waals surface area contributed by atoms with Crippen LogP contribution in [0.4, 0.5) is 5.69 Å². The smallest absolute Gasteiger partial charge is 0.261 e. The van der Waals surface area contributed by atoms with Crippen molar-refractivity contribution >= 4 is 123 Å². The van der Waals surface area contributed by atoms with Crippen molar-refractivity contribution in [2.75, 3.05) is 12.8 Å². The minimum absolute atomic E-state index is 0.00176. The number of nitrogens with two attached hydrogens (primary N) is 1. The van der Waals surface area contributed by atoms with Crippen molar-refractivity contribution in [3.63, 3.8) is 0 Å².